The van der Waals surface area contributed by atoms with Crippen LogP contribution in [0.2, 0.25) is 0 Å². The van der Waals surface area contributed by atoms with Gasteiger partial charge in [0.05, 0.1) is 25.1 Å². The van der Waals surface area contributed by atoms with Gasteiger partial charge in [-0.3, -0.25) is 4.79 Å². The van der Waals surface area contributed by atoms with Crippen LogP contribution in [-0.2, 0) is 6.42 Å². The zero-order chi connectivity index (χ0) is 18.8. The van der Waals surface area contributed by atoms with E-state index in [4.69, 9.17) is 9.47 Å². The van der Waals surface area contributed by atoms with Gasteiger partial charge in [-0.05, 0) is 46.7 Å². The van der Waals surface area contributed by atoms with Crippen LogP contribution in [0.3, 0.4) is 0 Å². The lowest BCUT2D eigenvalue weighted by Crippen LogP contribution is -2.40. The molecule has 3 aromatic rings. The Labute approximate surface area is 163 Å². The molecule has 2 heterocycles. The first-order valence-corrected chi connectivity index (χ1v) is 9.75. The Bertz CT molecular complexity index is 938. The van der Waals surface area contributed by atoms with E-state index in [1.807, 2.05) is 52.7 Å². The van der Waals surface area contributed by atoms with Gasteiger partial charge in [0.15, 0.2) is 11.5 Å². The maximum Gasteiger partial charge on any atom is 0.264 e. The lowest BCUT2D eigenvalue weighted by atomic mass is 9.87. The van der Waals surface area contributed by atoms with Gasteiger partial charge in [-0.25, -0.2) is 0 Å². The van der Waals surface area contributed by atoms with Crippen molar-refractivity contribution >= 4 is 17.2 Å². The zero-order valence-corrected chi connectivity index (χ0v) is 16.2. The van der Waals surface area contributed by atoms with Crippen LogP contribution in [0.25, 0.3) is 0 Å². The van der Waals surface area contributed by atoms with Crippen molar-refractivity contribution in [2.45, 2.75) is 12.5 Å². The Morgan fingerprint density at radius 2 is 1.78 bits per heavy atom. The summed E-state index contributed by atoms with van der Waals surface area (Å²) in [6, 6.07) is 17.9. The summed E-state index contributed by atoms with van der Waals surface area (Å²) in [7, 11) is 3.29. The smallest absolute Gasteiger partial charge is 0.264 e. The molecule has 0 saturated carbocycles. The first kappa shape index (κ1) is 17.6. The van der Waals surface area contributed by atoms with Crippen molar-refractivity contribution in [1.82, 2.24) is 4.90 Å². The number of fused-ring (bicyclic) bond motifs is 1. The number of ether oxygens (including phenoxy) is 2. The average Bonchev–Trinajstić information content (AvgIpc) is 3.26. The summed E-state index contributed by atoms with van der Waals surface area (Å²) in [5, 5.41) is 1.94. The normalized spacial score (nSPS) is 15.9. The Morgan fingerprint density at radius 1 is 1.04 bits per heavy atom. The van der Waals surface area contributed by atoms with Gasteiger partial charge in [-0.2, -0.15) is 0 Å². The molecule has 0 spiro atoms. The van der Waals surface area contributed by atoms with Crippen LogP contribution in [-0.4, -0.2) is 31.6 Å². The number of thiophene rings is 1. The second-order valence-corrected chi connectivity index (χ2v) is 7.39. The topological polar surface area (TPSA) is 38.8 Å². The van der Waals surface area contributed by atoms with Crippen LogP contribution in [0.1, 0.15) is 32.4 Å². The first-order valence-electron chi connectivity index (χ1n) is 8.87. The summed E-state index contributed by atoms with van der Waals surface area (Å²) in [6.07, 6.45) is 0.788. The monoisotopic (exact) mass is 379 g/mol. The van der Waals surface area contributed by atoms with E-state index in [0.717, 1.165) is 28.2 Å². The van der Waals surface area contributed by atoms with E-state index in [9.17, 15) is 4.79 Å². The number of benzene rings is 2. The molecule has 2 aromatic carbocycles. The third kappa shape index (κ3) is 3.19. The highest BCUT2D eigenvalue weighted by Gasteiger charge is 2.34. The summed E-state index contributed by atoms with van der Waals surface area (Å²) in [6.45, 7) is 0.665. The van der Waals surface area contributed by atoms with Crippen LogP contribution in [0, 0.1) is 0 Å². The lowest BCUT2D eigenvalue weighted by Gasteiger charge is -2.38. The number of amides is 1. The number of hydrogen-bond acceptors (Lipinski definition) is 4. The number of carbonyl (C=O) groups is 1. The van der Waals surface area contributed by atoms with E-state index in [1.165, 1.54) is 16.9 Å². The maximum absolute atomic E-state index is 13.2. The van der Waals surface area contributed by atoms with Gasteiger partial charge in [0.25, 0.3) is 5.91 Å². The standard InChI is InChI=1S/C22H21NO3S/c1-25-18-13-16-10-11-23(22(24)20-9-6-12-27-20)21(15-7-4-3-5-8-15)17(16)14-19(18)26-2/h3-9,12-14,21H,10-11H2,1-2H3/t21-/m0/s1. The predicted molar refractivity (Wildman–Crippen MR) is 107 cm³/mol. The third-order valence-electron chi connectivity index (χ3n) is 4.98. The van der Waals surface area contributed by atoms with Gasteiger partial charge in [-0.15, -0.1) is 11.3 Å². The molecule has 0 saturated heterocycles. The fraction of sp³-hybridized carbons (Fsp3) is 0.227. The maximum atomic E-state index is 13.2. The Hall–Kier alpha value is -2.79. The summed E-state index contributed by atoms with van der Waals surface area (Å²) in [5.74, 6) is 1.47. The van der Waals surface area contributed by atoms with Crippen molar-refractivity contribution in [1.29, 1.82) is 0 Å². The molecule has 5 heteroatoms. The second kappa shape index (κ2) is 7.45. The zero-order valence-electron chi connectivity index (χ0n) is 15.3. The molecular formula is C22H21NO3S. The number of rotatable bonds is 4. The van der Waals surface area contributed by atoms with Crippen LogP contribution in [0.5, 0.6) is 11.5 Å². The molecule has 1 aliphatic rings. The van der Waals surface area contributed by atoms with Gasteiger partial charge in [0.2, 0.25) is 0 Å². The minimum absolute atomic E-state index is 0.0688. The molecule has 1 amide bonds. The van der Waals surface area contributed by atoms with Gasteiger partial charge >= 0.3 is 0 Å². The van der Waals surface area contributed by atoms with Crippen LogP contribution >= 0.6 is 11.3 Å². The number of hydrogen-bond donors (Lipinski definition) is 0. The molecule has 4 nitrogen and oxygen atoms in total. The van der Waals surface area contributed by atoms with Crippen molar-refractivity contribution in [3.05, 3.63) is 81.5 Å². The molecule has 0 fully saturated rings. The van der Waals surface area contributed by atoms with E-state index in [2.05, 4.69) is 12.1 Å². The average molecular weight is 379 g/mol. The fourth-order valence-corrected chi connectivity index (χ4v) is 4.38. The Kier molecular flexibility index (Phi) is 4.86. The molecular weight excluding hydrogens is 358 g/mol. The SMILES string of the molecule is COc1cc2c(cc1OC)[C@H](c1ccccc1)N(C(=O)c1cccs1)CC2. The molecule has 0 radical (unpaired) electrons. The highest BCUT2D eigenvalue weighted by molar-refractivity contribution is 7.12. The summed E-state index contributed by atoms with van der Waals surface area (Å²) in [5.41, 5.74) is 3.38. The quantitative estimate of drug-likeness (QED) is 0.667. The lowest BCUT2D eigenvalue weighted by molar-refractivity contribution is 0.0699. The number of carbonyl (C=O) groups excluding carboxylic acids is 1. The van der Waals surface area contributed by atoms with Gasteiger partial charge in [0.1, 0.15) is 0 Å². The van der Waals surface area contributed by atoms with Crippen LogP contribution < -0.4 is 9.47 Å². The summed E-state index contributed by atoms with van der Waals surface area (Å²) < 4.78 is 11.0. The van der Waals surface area contributed by atoms with E-state index in [-0.39, 0.29) is 11.9 Å². The second-order valence-electron chi connectivity index (χ2n) is 6.45. The number of methoxy groups -OCH3 is 2. The van der Waals surface area contributed by atoms with Crippen LogP contribution in [0.15, 0.2) is 60.0 Å². The molecule has 1 aromatic heterocycles. The molecule has 0 N–H and O–H groups in total. The predicted octanol–water partition coefficient (Wildman–Crippen LogP) is 4.55. The molecule has 0 unspecified atom stereocenters. The van der Waals surface area contributed by atoms with Crippen molar-refractivity contribution in [3.63, 3.8) is 0 Å². The Morgan fingerprint density at radius 3 is 2.44 bits per heavy atom. The summed E-state index contributed by atoms with van der Waals surface area (Å²) >= 11 is 1.48. The van der Waals surface area contributed by atoms with Crippen molar-refractivity contribution in [2.75, 3.05) is 20.8 Å². The molecule has 138 valence electrons. The molecule has 0 bridgehead atoms. The molecule has 0 aliphatic carbocycles. The third-order valence-corrected chi connectivity index (χ3v) is 5.84. The molecule has 1 atom stereocenters. The number of nitrogens with zero attached hydrogens (tertiary/aromatic N) is 1. The molecule has 4 rings (SSSR count). The molecule has 1 aliphatic heterocycles. The highest BCUT2D eigenvalue weighted by Crippen LogP contribution is 2.41. The van der Waals surface area contributed by atoms with Gasteiger partial charge in [0, 0.05) is 6.54 Å². The van der Waals surface area contributed by atoms with E-state index < -0.39 is 0 Å². The summed E-state index contributed by atoms with van der Waals surface area (Å²) in [4.78, 5) is 15.9. The minimum Gasteiger partial charge on any atom is -0.493 e. The largest absolute Gasteiger partial charge is 0.493 e. The van der Waals surface area contributed by atoms with Gasteiger partial charge < -0.3 is 14.4 Å². The fourth-order valence-electron chi connectivity index (χ4n) is 3.70. The minimum atomic E-state index is -0.149. The Balaban J connectivity index is 1.85. The van der Waals surface area contributed by atoms with E-state index in [0.29, 0.717) is 12.3 Å². The van der Waals surface area contributed by atoms with Gasteiger partial charge in [-0.1, -0.05) is 36.4 Å². The van der Waals surface area contributed by atoms with Crippen molar-refractivity contribution < 1.29 is 14.3 Å². The van der Waals surface area contributed by atoms with Crippen molar-refractivity contribution in [3.8, 4) is 11.5 Å². The van der Waals surface area contributed by atoms with Crippen LogP contribution in [0.4, 0.5) is 0 Å². The van der Waals surface area contributed by atoms with E-state index in [1.54, 1.807) is 14.2 Å². The van der Waals surface area contributed by atoms with E-state index >= 15 is 0 Å². The van der Waals surface area contributed by atoms with Crippen molar-refractivity contribution in [2.24, 2.45) is 0 Å². The molecule has 27 heavy (non-hydrogen) atoms. The first-order chi connectivity index (χ1) is 13.2. The highest BCUT2D eigenvalue weighted by atomic mass is 32.1.